The van der Waals surface area contributed by atoms with Crippen LogP contribution >= 0.6 is 0 Å². The minimum absolute atomic E-state index is 0.364. The summed E-state index contributed by atoms with van der Waals surface area (Å²) >= 11 is 0. The molecule has 25 heavy (non-hydrogen) atoms. The molecule has 0 aromatic rings. The molecule has 0 aromatic heterocycles. The van der Waals surface area contributed by atoms with Gasteiger partial charge in [0.1, 0.15) is 0 Å². The number of aliphatic hydroxyl groups excluding tert-OH is 2. The molecule has 1 rings (SSSR count). The van der Waals surface area contributed by atoms with Crippen LogP contribution in [0.1, 0.15) is 122 Å². The Morgan fingerprint density at radius 3 is 1.20 bits per heavy atom. The first-order valence-electron chi connectivity index (χ1n) is 11.4. The second-order valence-corrected chi connectivity index (χ2v) is 8.91. The van der Waals surface area contributed by atoms with Crippen molar-refractivity contribution in [2.24, 2.45) is 11.3 Å². The van der Waals surface area contributed by atoms with Crippen molar-refractivity contribution >= 4 is 0 Å². The fourth-order valence-electron chi connectivity index (χ4n) is 4.94. The Labute approximate surface area is 157 Å². The summed E-state index contributed by atoms with van der Waals surface area (Å²) in [5, 5.41) is 17.6. The van der Waals surface area contributed by atoms with E-state index in [0.717, 1.165) is 18.8 Å². The molecular weight excluding hydrogens is 308 g/mol. The van der Waals surface area contributed by atoms with E-state index in [1.54, 1.807) is 0 Å². The molecule has 1 fully saturated rings. The van der Waals surface area contributed by atoms with E-state index in [2.05, 4.69) is 6.92 Å². The number of hydrogen-bond acceptors (Lipinski definition) is 2. The van der Waals surface area contributed by atoms with Gasteiger partial charge in [0.05, 0.1) is 0 Å². The molecule has 0 aliphatic heterocycles. The highest BCUT2D eigenvalue weighted by atomic mass is 16.3. The fourth-order valence-corrected chi connectivity index (χ4v) is 4.94. The number of rotatable bonds is 18. The van der Waals surface area contributed by atoms with Crippen molar-refractivity contribution in [1.82, 2.24) is 0 Å². The van der Waals surface area contributed by atoms with Crippen LogP contribution < -0.4 is 0 Å². The summed E-state index contributed by atoms with van der Waals surface area (Å²) in [5.41, 5.74) is 0.715. The van der Waals surface area contributed by atoms with Crippen molar-refractivity contribution in [2.75, 3.05) is 13.2 Å². The molecular formula is C23H46O2. The van der Waals surface area contributed by atoms with Gasteiger partial charge < -0.3 is 10.2 Å². The van der Waals surface area contributed by atoms with Crippen LogP contribution in [0.2, 0.25) is 0 Å². The largest absolute Gasteiger partial charge is 0.396 e. The number of hydrogen-bond donors (Lipinski definition) is 2. The molecule has 0 unspecified atom stereocenters. The first-order chi connectivity index (χ1) is 12.2. The second-order valence-electron chi connectivity index (χ2n) is 8.91. The minimum atomic E-state index is 0.364. The van der Waals surface area contributed by atoms with Gasteiger partial charge in [-0.1, -0.05) is 84.0 Å². The lowest BCUT2D eigenvalue weighted by Crippen LogP contribution is -2.35. The van der Waals surface area contributed by atoms with Crippen molar-refractivity contribution in [1.29, 1.82) is 0 Å². The normalized spacial score (nSPS) is 16.9. The van der Waals surface area contributed by atoms with Crippen LogP contribution in [-0.4, -0.2) is 23.4 Å². The summed E-state index contributed by atoms with van der Waals surface area (Å²) in [6.45, 7) is 3.16. The van der Waals surface area contributed by atoms with Gasteiger partial charge in [-0.05, 0) is 49.9 Å². The predicted molar refractivity (Wildman–Crippen MR) is 109 cm³/mol. The van der Waals surface area contributed by atoms with E-state index in [-0.39, 0.29) is 0 Å². The van der Waals surface area contributed by atoms with Crippen molar-refractivity contribution in [2.45, 2.75) is 122 Å². The molecule has 1 saturated carbocycles. The summed E-state index contributed by atoms with van der Waals surface area (Å²) in [6.07, 6.45) is 24.1. The molecule has 1 aliphatic rings. The Bertz CT molecular complexity index is 262. The van der Waals surface area contributed by atoms with Gasteiger partial charge in [0.15, 0.2) is 0 Å². The SMILES string of the molecule is CC1CC(CCCCCCCCCO)(CCCCCCCCCO)C1. The molecule has 0 amide bonds. The van der Waals surface area contributed by atoms with Crippen LogP contribution in [0.3, 0.4) is 0 Å². The molecule has 0 aromatic carbocycles. The Hall–Kier alpha value is -0.0800. The molecule has 0 radical (unpaired) electrons. The first kappa shape index (κ1) is 23.0. The van der Waals surface area contributed by atoms with Gasteiger partial charge in [-0.3, -0.25) is 0 Å². The molecule has 2 N–H and O–H groups in total. The molecule has 150 valence electrons. The van der Waals surface area contributed by atoms with Gasteiger partial charge in [0.25, 0.3) is 0 Å². The summed E-state index contributed by atoms with van der Waals surface area (Å²) in [6, 6.07) is 0. The zero-order valence-corrected chi connectivity index (χ0v) is 17.1. The van der Waals surface area contributed by atoms with E-state index >= 15 is 0 Å². The van der Waals surface area contributed by atoms with Crippen LogP contribution in [0.5, 0.6) is 0 Å². The van der Waals surface area contributed by atoms with E-state index in [4.69, 9.17) is 10.2 Å². The predicted octanol–water partition coefficient (Wildman–Crippen LogP) is 6.63. The zero-order valence-electron chi connectivity index (χ0n) is 17.1. The lowest BCUT2D eigenvalue weighted by Gasteiger charge is -2.47. The monoisotopic (exact) mass is 354 g/mol. The summed E-state index contributed by atoms with van der Waals surface area (Å²) in [4.78, 5) is 0. The maximum absolute atomic E-state index is 8.80. The zero-order chi connectivity index (χ0) is 18.2. The van der Waals surface area contributed by atoms with Crippen molar-refractivity contribution in [3.8, 4) is 0 Å². The topological polar surface area (TPSA) is 40.5 Å². The highest BCUT2D eigenvalue weighted by Gasteiger charge is 2.40. The quantitative estimate of drug-likeness (QED) is 0.271. The minimum Gasteiger partial charge on any atom is -0.396 e. The Balaban J connectivity index is 2.00. The van der Waals surface area contributed by atoms with Gasteiger partial charge in [0.2, 0.25) is 0 Å². The average molecular weight is 355 g/mol. The van der Waals surface area contributed by atoms with Gasteiger partial charge >= 0.3 is 0 Å². The maximum Gasteiger partial charge on any atom is 0.0431 e. The lowest BCUT2D eigenvalue weighted by molar-refractivity contribution is 0.0398. The average Bonchev–Trinajstić information content (AvgIpc) is 2.58. The van der Waals surface area contributed by atoms with Crippen molar-refractivity contribution in [3.63, 3.8) is 0 Å². The molecule has 0 spiro atoms. The molecule has 0 heterocycles. The van der Waals surface area contributed by atoms with Gasteiger partial charge in [-0.25, -0.2) is 0 Å². The van der Waals surface area contributed by atoms with E-state index in [1.165, 1.54) is 103 Å². The van der Waals surface area contributed by atoms with Crippen LogP contribution in [0, 0.1) is 11.3 Å². The molecule has 2 heteroatoms. The van der Waals surface area contributed by atoms with E-state index < -0.39 is 0 Å². The van der Waals surface area contributed by atoms with Crippen LogP contribution in [0.15, 0.2) is 0 Å². The summed E-state index contributed by atoms with van der Waals surface area (Å²) in [7, 11) is 0. The summed E-state index contributed by atoms with van der Waals surface area (Å²) in [5.74, 6) is 0.969. The van der Waals surface area contributed by atoms with Crippen molar-refractivity contribution < 1.29 is 10.2 Å². The molecule has 2 nitrogen and oxygen atoms in total. The third-order valence-corrected chi connectivity index (χ3v) is 6.29. The third-order valence-electron chi connectivity index (χ3n) is 6.29. The number of unbranched alkanes of at least 4 members (excludes halogenated alkanes) is 12. The molecule has 0 saturated heterocycles. The lowest BCUT2D eigenvalue weighted by atomic mass is 9.58. The second kappa shape index (κ2) is 15.0. The first-order valence-corrected chi connectivity index (χ1v) is 11.4. The fraction of sp³-hybridized carbons (Fsp3) is 1.00. The molecule has 0 atom stereocenters. The summed E-state index contributed by atoms with van der Waals surface area (Å²) < 4.78 is 0. The molecule has 0 bridgehead atoms. The molecule has 1 aliphatic carbocycles. The van der Waals surface area contributed by atoms with Crippen LogP contribution in [0.4, 0.5) is 0 Å². The van der Waals surface area contributed by atoms with E-state index in [0.29, 0.717) is 18.6 Å². The van der Waals surface area contributed by atoms with Crippen LogP contribution in [0.25, 0.3) is 0 Å². The highest BCUT2D eigenvalue weighted by molar-refractivity contribution is 4.91. The smallest absolute Gasteiger partial charge is 0.0431 e. The highest BCUT2D eigenvalue weighted by Crippen LogP contribution is 2.52. The Morgan fingerprint density at radius 2 is 0.880 bits per heavy atom. The maximum atomic E-state index is 8.80. The Kier molecular flexibility index (Phi) is 13.8. The van der Waals surface area contributed by atoms with Crippen LogP contribution in [-0.2, 0) is 0 Å². The van der Waals surface area contributed by atoms with E-state index in [9.17, 15) is 0 Å². The number of aliphatic hydroxyl groups is 2. The van der Waals surface area contributed by atoms with Gasteiger partial charge in [0, 0.05) is 13.2 Å². The standard InChI is InChI=1S/C23H46O2/c1-22-20-23(21-22,16-12-8-4-2-6-10-14-18-24)17-13-9-5-3-7-11-15-19-25/h22,24-25H,2-21H2,1H3. The third kappa shape index (κ3) is 11.3. The van der Waals surface area contributed by atoms with Crippen molar-refractivity contribution in [3.05, 3.63) is 0 Å². The van der Waals surface area contributed by atoms with Gasteiger partial charge in [-0.15, -0.1) is 0 Å². The van der Waals surface area contributed by atoms with E-state index in [1.807, 2.05) is 0 Å². The Morgan fingerprint density at radius 1 is 0.560 bits per heavy atom. The van der Waals surface area contributed by atoms with Gasteiger partial charge in [-0.2, -0.15) is 0 Å².